The van der Waals surface area contributed by atoms with Crippen molar-refractivity contribution < 1.29 is 17.9 Å². The molecule has 2 aromatic carbocycles. The van der Waals surface area contributed by atoms with Gasteiger partial charge in [-0.05, 0) is 43.3 Å². The van der Waals surface area contributed by atoms with Gasteiger partial charge in [0.05, 0.1) is 5.75 Å². The van der Waals surface area contributed by atoms with Crippen molar-refractivity contribution in [3.8, 4) is 11.5 Å². The molecule has 0 aromatic heterocycles. The highest BCUT2D eigenvalue weighted by Crippen LogP contribution is 2.22. The fourth-order valence-electron chi connectivity index (χ4n) is 2.82. The average Bonchev–Trinajstić information content (AvgIpc) is 2.69. The van der Waals surface area contributed by atoms with Gasteiger partial charge in [-0.25, -0.2) is 8.42 Å². The maximum absolute atomic E-state index is 12.6. The lowest BCUT2D eigenvalue weighted by Gasteiger charge is -2.33. The molecule has 1 heterocycles. The molecule has 0 spiro atoms. The molecular formula is C19H22N2O4S. The molecule has 1 saturated heterocycles. The Hall–Kier alpha value is -2.38. The highest BCUT2D eigenvalue weighted by Gasteiger charge is 2.28. The van der Waals surface area contributed by atoms with Crippen LogP contribution in [0.2, 0.25) is 0 Å². The number of nitrogens with zero attached hydrogens (tertiary/aromatic N) is 2. The second-order valence-corrected chi connectivity index (χ2v) is 8.29. The van der Waals surface area contributed by atoms with E-state index in [0.29, 0.717) is 37.5 Å². The second kappa shape index (κ2) is 7.88. The molecule has 6 nitrogen and oxygen atoms in total. The predicted molar refractivity (Wildman–Crippen MR) is 99.9 cm³/mol. The molecule has 1 fully saturated rings. The van der Waals surface area contributed by atoms with Crippen molar-refractivity contribution >= 4 is 15.9 Å². The Morgan fingerprint density at radius 1 is 0.923 bits per heavy atom. The molecule has 138 valence electrons. The molecule has 2 aromatic rings. The molecule has 0 radical (unpaired) electrons. The molecule has 7 heteroatoms. The third kappa shape index (κ3) is 4.23. The number of amides is 1. The van der Waals surface area contributed by atoms with Crippen molar-refractivity contribution in [2.75, 3.05) is 31.9 Å². The largest absolute Gasteiger partial charge is 0.457 e. The van der Waals surface area contributed by atoms with E-state index in [2.05, 4.69) is 0 Å². The summed E-state index contributed by atoms with van der Waals surface area (Å²) >= 11 is 0. The number of benzene rings is 2. The summed E-state index contributed by atoms with van der Waals surface area (Å²) in [4.78, 5) is 14.3. The van der Waals surface area contributed by atoms with Gasteiger partial charge in [0, 0.05) is 31.7 Å². The van der Waals surface area contributed by atoms with Crippen LogP contribution in [0.1, 0.15) is 17.3 Å². The quantitative estimate of drug-likeness (QED) is 0.807. The second-order valence-electron chi connectivity index (χ2n) is 6.03. The number of piperazine rings is 1. The molecule has 0 N–H and O–H groups in total. The van der Waals surface area contributed by atoms with Gasteiger partial charge in [-0.2, -0.15) is 4.31 Å². The van der Waals surface area contributed by atoms with Crippen molar-refractivity contribution in [1.29, 1.82) is 0 Å². The Labute approximate surface area is 154 Å². The molecule has 3 rings (SSSR count). The average molecular weight is 374 g/mol. The van der Waals surface area contributed by atoms with E-state index in [0.717, 1.165) is 5.75 Å². The van der Waals surface area contributed by atoms with Crippen molar-refractivity contribution in [2.45, 2.75) is 6.92 Å². The first-order chi connectivity index (χ1) is 12.5. The number of sulfonamides is 1. The van der Waals surface area contributed by atoms with E-state index in [1.807, 2.05) is 30.3 Å². The van der Waals surface area contributed by atoms with Crippen LogP contribution in [0.5, 0.6) is 11.5 Å². The molecule has 1 aliphatic rings. The zero-order valence-electron chi connectivity index (χ0n) is 14.7. The Balaban J connectivity index is 1.60. The lowest BCUT2D eigenvalue weighted by atomic mass is 10.2. The number of carbonyl (C=O) groups excluding carboxylic acids is 1. The molecule has 1 amide bonds. The van der Waals surface area contributed by atoms with E-state index in [4.69, 9.17) is 4.74 Å². The minimum absolute atomic E-state index is 0.0871. The first-order valence-electron chi connectivity index (χ1n) is 8.59. The van der Waals surface area contributed by atoms with Gasteiger partial charge in [0.25, 0.3) is 5.91 Å². The normalized spacial score (nSPS) is 15.7. The van der Waals surface area contributed by atoms with Crippen LogP contribution in [0.25, 0.3) is 0 Å². The Kier molecular flexibility index (Phi) is 5.58. The number of carbonyl (C=O) groups is 1. The summed E-state index contributed by atoms with van der Waals surface area (Å²) in [6.07, 6.45) is 0. The van der Waals surface area contributed by atoms with Crippen LogP contribution >= 0.6 is 0 Å². The smallest absolute Gasteiger partial charge is 0.253 e. The first kappa shape index (κ1) is 18.4. The molecule has 0 saturated carbocycles. The fraction of sp³-hybridized carbons (Fsp3) is 0.316. The van der Waals surface area contributed by atoms with Crippen LogP contribution in [-0.4, -0.2) is 55.5 Å². The minimum Gasteiger partial charge on any atom is -0.457 e. The zero-order valence-corrected chi connectivity index (χ0v) is 15.5. The summed E-state index contributed by atoms with van der Waals surface area (Å²) in [5.74, 6) is 1.39. The summed E-state index contributed by atoms with van der Waals surface area (Å²) in [6.45, 7) is 3.13. The highest BCUT2D eigenvalue weighted by atomic mass is 32.2. The van der Waals surface area contributed by atoms with E-state index >= 15 is 0 Å². The number of hydrogen-bond acceptors (Lipinski definition) is 4. The van der Waals surface area contributed by atoms with Crippen molar-refractivity contribution in [3.63, 3.8) is 0 Å². The lowest BCUT2D eigenvalue weighted by molar-refractivity contribution is 0.0698. The predicted octanol–water partition coefficient (Wildman–Crippen LogP) is 2.59. The van der Waals surface area contributed by atoms with Gasteiger partial charge in [-0.15, -0.1) is 0 Å². The van der Waals surface area contributed by atoms with Gasteiger partial charge in [0.1, 0.15) is 11.5 Å². The van der Waals surface area contributed by atoms with Gasteiger partial charge >= 0.3 is 0 Å². The van der Waals surface area contributed by atoms with Crippen LogP contribution < -0.4 is 4.74 Å². The molecule has 0 unspecified atom stereocenters. The SMILES string of the molecule is CCS(=O)(=O)N1CCN(C(=O)c2ccc(Oc3ccccc3)cc2)CC1. The van der Waals surface area contributed by atoms with E-state index in [1.165, 1.54) is 4.31 Å². The van der Waals surface area contributed by atoms with Gasteiger partial charge < -0.3 is 9.64 Å². The maximum Gasteiger partial charge on any atom is 0.253 e. The first-order valence-corrected chi connectivity index (χ1v) is 10.2. The van der Waals surface area contributed by atoms with Crippen LogP contribution in [0.15, 0.2) is 54.6 Å². The van der Waals surface area contributed by atoms with Crippen molar-refractivity contribution in [1.82, 2.24) is 9.21 Å². The van der Waals surface area contributed by atoms with Gasteiger partial charge in [0.2, 0.25) is 10.0 Å². The highest BCUT2D eigenvalue weighted by molar-refractivity contribution is 7.89. The fourth-order valence-corrected chi connectivity index (χ4v) is 3.91. The van der Waals surface area contributed by atoms with Crippen LogP contribution in [0.4, 0.5) is 0 Å². The summed E-state index contributed by atoms with van der Waals surface area (Å²) < 4.78 is 31.0. The van der Waals surface area contributed by atoms with Gasteiger partial charge in [-0.3, -0.25) is 4.79 Å². The topological polar surface area (TPSA) is 66.9 Å². The van der Waals surface area contributed by atoms with Crippen molar-refractivity contribution in [3.05, 3.63) is 60.2 Å². The van der Waals surface area contributed by atoms with E-state index in [9.17, 15) is 13.2 Å². The number of rotatable bonds is 5. The third-order valence-corrected chi connectivity index (χ3v) is 6.25. The third-order valence-electron chi connectivity index (χ3n) is 4.36. The van der Waals surface area contributed by atoms with Crippen LogP contribution in [0.3, 0.4) is 0 Å². The Morgan fingerprint density at radius 3 is 2.08 bits per heavy atom. The molecule has 0 aliphatic carbocycles. The molecule has 1 aliphatic heterocycles. The molecular weight excluding hydrogens is 352 g/mol. The Morgan fingerprint density at radius 2 is 1.50 bits per heavy atom. The summed E-state index contributed by atoms with van der Waals surface area (Å²) in [5, 5.41) is 0. The van der Waals surface area contributed by atoms with E-state index < -0.39 is 10.0 Å². The molecule has 0 bridgehead atoms. The summed E-state index contributed by atoms with van der Waals surface area (Å²) in [7, 11) is -3.19. The number of para-hydroxylation sites is 1. The minimum atomic E-state index is -3.19. The monoisotopic (exact) mass is 374 g/mol. The van der Waals surface area contributed by atoms with Gasteiger partial charge in [-0.1, -0.05) is 18.2 Å². The van der Waals surface area contributed by atoms with Crippen molar-refractivity contribution in [2.24, 2.45) is 0 Å². The summed E-state index contributed by atoms with van der Waals surface area (Å²) in [6, 6.07) is 16.4. The zero-order chi connectivity index (χ0) is 18.6. The maximum atomic E-state index is 12.6. The standard InChI is InChI=1S/C19H22N2O4S/c1-2-26(23,24)21-14-12-20(13-15-21)19(22)16-8-10-18(11-9-16)25-17-6-4-3-5-7-17/h3-11H,2,12-15H2,1H3. The Bertz CT molecular complexity index is 843. The van der Waals surface area contributed by atoms with Gasteiger partial charge in [0.15, 0.2) is 0 Å². The summed E-state index contributed by atoms with van der Waals surface area (Å²) in [5.41, 5.74) is 0.567. The molecule has 26 heavy (non-hydrogen) atoms. The number of ether oxygens (including phenoxy) is 1. The van der Waals surface area contributed by atoms with Crippen LogP contribution in [0, 0.1) is 0 Å². The number of hydrogen-bond donors (Lipinski definition) is 0. The van der Waals surface area contributed by atoms with E-state index in [-0.39, 0.29) is 11.7 Å². The van der Waals surface area contributed by atoms with Crippen LogP contribution in [-0.2, 0) is 10.0 Å². The molecule has 0 atom stereocenters. The van der Waals surface area contributed by atoms with E-state index in [1.54, 1.807) is 36.1 Å². The lowest BCUT2D eigenvalue weighted by Crippen LogP contribution is -2.50.